The second kappa shape index (κ2) is 10.0. The van der Waals surface area contributed by atoms with Crippen LogP contribution in [0.5, 0.6) is 0 Å². The number of rotatable bonds is 9. The number of aliphatic imine (C=N–C) groups is 1. The Hall–Kier alpha value is -2.76. The normalized spacial score (nSPS) is 16.9. The van der Waals surface area contributed by atoms with Crippen LogP contribution in [0.15, 0.2) is 63.3 Å². The van der Waals surface area contributed by atoms with Gasteiger partial charge in [-0.05, 0) is 42.7 Å². The van der Waals surface area contributed by atoms with Crippen LogP contribution in [0.2, 0.25) is 0 Å². The van der Waals surface area contributed by atoms with Crippen molar-refractivity contribution in [2.75, 3.05) is 11.9 Å². The van der Waals surface area contributed by atoms with Crippen LogP contribution in [0.25, 0.3) is 0 Å². The van der Waals surface area contributed by atoms with Gasteiger partial charge in [-0.3, -0.25) is 14.5 Å². The number of amides is 1. The first kappa shape index (κ1) is 24.9. The van der Waals surface area contributed by atoms with E-state index in [9.17, 15) is 21.6 Å². The van der Waals surface area contributed by atoms with E-state index < -0.39 is 32.0 Å². The molecular weight excluding hydrogens is 464 g/mol. The molecule has 3 N–H and O–H groups in total. The van der Waals surface area contributed by atoms with Gasteiger partial charge in [0.1, 0.15) is 11.9 Å². The molecule has 0 aromatic heterocycles. The molecular formula is C22H28N4O5S2. The second-order valence-corrected chi connectivity index (χ2v) is 11.5. The predicted molar refractivity (Wildman–Crippen MR) is 127 cm³/mol. The fourth-order valence-corrected chi connectivity index (χ4v) is 5.66. The smallest absolute Gasteiger partial charge is 0.263 e. The number of nitrogens with one attached hydrogen (secondary N) is 3. The van der Waals surface area contributed by atoms with Gasteiger partial charge in [0.2, 0.25) is 15.9 Å². The van der Waals surface area contributed by atoms with Gasteiger partial charge in [0.15, 0.2) is 0 Å². The zero-order valence-electron chi connectivity index (χ0n) is 18.7. The molecule has 0 bridgehead atoms. The van der Waals surface area contributed by atoms with E-state index >= 15 is 0 Å². The molecule has 0 aliphatic carbocycles. The van der Waals surface area contributed by atoms with Crippen LogP contribution in [0, 0.1) is 5.92 Å². The molecule has 178 valence electrons. The van der Waals surface area contributed by atoms with Crippen LogP contribution in [-0.4, -0.2) is 41.2 Å². The molecule has 2 aromatic rings. The van der Waals surface area contributed by atoms with Crippen molar-refractivity contribution in [3.8, 4) is 0 Å². The van der Waals surface area contributed by atoms with E-state index in [0.717, 1.165) is 12.8 Å². The first-order valence-electron chi connectivity index (χ1n) is 10.7. The molecule has 9 nitrogen and oxygen atoms in total. The maximum Gasteiger partial charge on any atom is 0.263 e. The van der Waals surface area contributed by atoms with Gasteiger partial charge < -0.3 is 5.32 Å². The van der Waals surface area contributed by atoms with Crippen molar-refractivity contribution in [3.05, 3.63) is 54.1 Å². The summed E-state index contributed by atoms with van der Waals surface area (Å²) in [6.07, 6.45) is 1.58. The summed E-state index contributed by atoms with van der Waals surface area (Å²) in [7, 11) is -7.43. The molecule has 0 spiro atoms. The Morgan fingerprint density at radius 2 is 1.85 bits per heavy atom. The highest BCUT2D eigenvalue weighted by Crippen LogP contribution is 2.24. The average molecular weight is 493 g/mol. The maximum atomic E-state index is 13.0. The van der Waals surface area contributed by atoms with Crippen molar-refractivity contribution in [1.82, 2.24) is 9.44 Å². The highest BCUT2D eigenvalue weighted by molar-refractivity contribution is 7.90. The summed E-state index contributed by atoms with van der Waals surface area (Å²) in [5.41, 5.74) is 0.707. The molecule has 2 aromatic carbocycles. The zero-order valence-corrected chi connectivity index (χ0v) is 20.3. The third-order valence-corrected chi connectivity index (χ3v) is 7.92. The molecule has 0 fully saturated rings. The summed E-state index contributed by atoms with van der Waals surface area (Å²) in [5.74, 6) is -0.622. The molecule has 0 unspecified atom stereocenters. The van der Waals surface area contributed by atoms with Gasteiger partial charge in [0, 0.05) is 17.8 Å². The summed E-state index contributed by atoms with van der Waals surface area (Å²) in [6, 6.07) is 11.5. The van der Waals surface area contributed by atoms with Crippen molar-refractivity contribution >= 4 is 37.5 Å². The first-order valence-corrected chi connectivity index (χ1v) is 13.6. The number of amidine groups is 1. The SMILES string of the molecule is CCCCNS(=O)(=O)c1cccc(NC(=O)[C@@H](N=C2NS(=O)(=O)c3ccccc32)C(C)C)c1. The summed E-state index contributed by atoms with van der Waals surface area (Å²) in [5, 5.41) is 2.71. The van der Waals surface area contributed by atoms with Crippen LogP contribution in [0.3, 0.4) is 0 Å². The number of carbonyl (C=O) groups is 1. The van der Waals surface area contributed by atoms with E-state index in [4.69, 9.17) is 0 Å². The van der Waals surface area contributed by atoms with E-state index in [2.05, 4.69) is 19.8 Å². The van der Waals surface area contributed by atoms with Crippen molar-refractivity contribution < 1.29 is 21.6 Å². The van der Waals surface area contributed by atoms with Crippen molar-refractivity contribution in [2.45, 2.75) is 49.4 Å². The lowest BCUT2D eigenvalue weighted by molar-refractivity contribution is -0.118. The minimum atomic E-state index is -3.73. The molecule has 1 aliphatic rings. The largest absolute Gasteiger partial charge is 0.324 e. The fourth-order valence-electron chi connectivity index (χ4n) is 3.30. The molecule has 0 saturated heterocycles. The number of nitrogens with zero attached hydrogens (tertiary/aromatic N) is 1. The Balaban J connectivity index is 1.84. The Morgan fingerprint density at radius 3 is 2.55 bits per heavy atom. The molecule has 1 heterocycles. The average Bonchev–Trinajstić information content (AvgIpc) is 3.02. The first-order chi connectivity index (χ1) is 15.5. The summed E-state index contributed by atoms with van der Waals surface area (Å²) < 4.78 is 54.6. The molecule has 3 rings (SSSR count). The summed E-state index contributed by atoms with van der Waals surface area (Å²) in [6.45, 7) is 5.89. The molecule has 1 amide bonds. The van der Waals surface area contributed by atoms with E-state index in [-0.39, 0.29) is 21.5 Å². The van der Waals surface area contributed by atoms with Crippen LogP contribution in [0.1, 0.15) is 39.2 Å². The third-order valence-electron chi connectivity index (χ3n) is 5.07. The molecule has 33 heavy (non-hydrogen) atoms. The van der Waals surface area contributed by atoms with Crippen LogP contribution in [-0.2, 0) is 24.8 Å². The maximum absolute atomic E-state index is 13.0. The van der Waals surface area contributed by atoms with Gasteiger partial charge in [-0.1, -0.05) is 45.4 Å². The van der Waals surface area contributed by atoms with Crippen molar-refractivity contribution in [3.63, 3.8) is 0 Å². The minimum Gasteiger partial charge on any atom is -0.324 e. The quantitative estimate of drug-likeness (QED) is 0.463. The lowest BCUT2D eigenvalue weighted by Crippen LogP contribution is -2.34. The van der Waals surface area contributed by atoms with Gasteiger partial charge in [-0.15, -0.1) is 0 Å². The number of sulfonamides is 2. The van der Waals surface area contributed by atoms with E-state index in [1.54, 1.807) is 44.2 Å². The lowest BCUT2D eigenvalue weighted by Gasteiger charge is -2.18. The van der Waals surface area contributed by atoms with Gasteiger partial charge in [0.05, 0.1) is 9.79 Å². The van der Waals surface area contributed by atoms with E-state index in [1.165, 1.54) is 18.2 Å². The molecule has 1 aliphatic heterocycles. The highest BCUT2D eigenvalue weighted by atomic mass is 32.2. The fraction of sp³-hybridized carbons (Fsp3) is 0.364. The minimum absolute atomic E-state index is 0.0429. The number of benzene rings is 2. The summed E-state index contributed by atoms with van der Waals surface area (Å²) >= 11 is 0. The lowest BCUT2D eigenvalue weighted by atomic mass is 10.0. The molecule has 11 heteroatoms. The topological polar surface area (TPSA) is 134 Å². The van der Waals surface area contributed by atoms with Crippen LogP contribution in [0.4, 0.5) is 5.69 Å². The number of hydrogen-bond donors (Lipinski definition) is 3. The van der Waals surface area contributed by atoms with E-state index in [0.29, 0.717) is 17.8 Å². The van der Waals surface area contributed by atoms with Gasteiger partial charge in [0.25, 0.3) is 10.0 Å². The van der Waals surface area contributed by atoms with Crippen molar-refractivity contribution in [2.24, 2.45) is 10.9 Å². The second-order valence-electron chi connectivity index (χ2n) is 8.04. The Morgan fingerprint density at radius 1 is 1.12 bits per heavy atom. The molecule has 1 atom stereocenters. The van der Waals surface area contributed by atoms with Crippen molar-refractivity contribution in [1.29, 1.82) is 0 Å². The Bertz CT molecular complexity index is 1270. The monoisotopic (exact) mass is 492 g/mol. The molecule has 0 radical (unpaired) electrons. The summed E-state index contributed by atoms with van der Waals surface area (Å²) in [4.78, 5) is 17.6. The standard InChI is InChI=1S/C22H28N4O5S2/c1-4-5-13-23-32(28,29)17-10-8-9-16(14-17)24-22(27)20(15(2)3)25-21-18-11-6-7-12-19(18)33(30,31)26-21/h6-12,14-15,20,23H,4-5,13H2,1-3H3,(H,24,27)(H,25,26)/t20-/m0/s1. The Kier molecular flexibility index (Phi) is 7.55. The van der Waals surface area contributed by atoms with Gasteiger partial charge in [-0.2, -0.15) is 0 Å². The highest BCUT2D eigenvalue weighted by Gasteiger charge is 2.32. The number of anilines is 1. The number of unbranched alkanes of at least 4 members (excludes halogenated alkanes) is 1. The Labute approximate surface area is 194 Å². The third kappa shape index (κ3) is 5.79. The van der Waals surface area contributed by atoms with Crippen LogP contribution < -0.4 is 14.8 Å². The predicted octanol–water partition coefficient (Wildman–Crippen LogP) is 2.47. The van der Waals surface area contributed by atoms with Gasteiger partial charge in [-0.25, -0.2) is 21.6 Å². The zero-order chi connectivity index (χ0) is 24.2. The van der Waals surface area contributed by atoms with E-state index in [1.807, 2.05) is 6.92 Å². The number of hydrogen-bond acceptors (Lipinski definition) is 6. The van der Waals surface area contributed by atoms with Gasteiger partial charge >= 0.3 is 0 Å². The van der Waals surface area contributed by atoms with Crippen LogP contribution >= 0.6 is 0 Å². The molecule has 0 saturated carbocycles. The number of carbonyl (C=O) groups excluding carboxylic acids is 1. The number of fused-ring (bicyclic) bond motifs is 1.